The van der Waals surface area contributed by atoms with Gasteiger partial charge in [0.15, 0.2) is 0 Å². The Bertz CT molecular complexity index is 669. The molecule has 0 aromatic carbocycles. The van der Waals surface area contributed by atoms with Crippen LogP contribution in [0.2, 0.25) is 0 Å². The number of aryl methyl sites for hydroxylation is 2. The lowest BCUT2D eigenvalue weighted by Crippen LogP contribution is -2.61. The van der Waals surface area contributed by atoms with E-state index < -0.39 is 18.0 Å². The summed E-state index contributed by atoms with van der Waals surface area (Å²) in [5.41, 5.74) is 2.59. The second-order valence-corrected chi connectivity index (χ2v) is 5.86. The number of ether oxygens (including phenoxy) is 1. The number of aromatic nitrogens is 2. The Labute approximate surface area is 128 Å². The Morgan fingerprint density at radius 1 is 1.55 bits per heavy atom. The van der Waals surface area contributed by atoms with E-state index in [9.17, 15) is 14.7 Å². The van der Waals surface area contributed by atoms with Crippen LogP contribution < -0.4 is 0 Å². The van der Waals surface area contributed by atoms with Gasteiger partial charge in [0, 0.05) is 18.3 Å². The minimum atomic E-state index is -0.738. The fraction of sp³-hybridized carbons (Fsp3) is 0.533. The fourth-order valence-corrected chi connectivity index (χ4v) is 3.29. The number of rotatable bonds is 3. The molecule has 3 heterocycles. The van der Waals surface area contributed by atoms with Gasteiger partial charge in [0.1, 0.15) is 5.70 Å². The largest absolute Gasteiger partial charge is 0.464 e. The van der Waals surface area contributed by atoms with Crippen LogP contribution in [0.15, 0.2) is 11.8 Å². The van der Waals surface area contributed by atoms with Crippen LogP contribution in [0, 0.1) is 12.8 Å². The number of nitrogens with zero attached hydrogens (tertiary/aromatic N) is 3. The topological polar surface area (TPSA) is 84.7 Å². The molecule has 1 amide bonds. The maximum absolute atomic E-state index is 12.3. The molecule has 0 spiro atoms. The van der Waals surface area contributed by atoms with Gasteiger partial charge in [0.2, 0.25) is 5.91 Å². The maximum atomic E-state index is 12.3. The molecule has 118 valence electrons. The van der Waals surface area contributed by atoms with Crippen LogP contribution >= 0.6 is 0 Å². The Hall–Kier alpha value is -2.15. The smallest absolute Gasteiger partial charge is 0.355 e. The number of hydrogen-bond donors (Lipinski definition) is 1. The number of methoxy groups -OCH3 is 1. The van der Waals surface area contributed by atoms with E-state index in [-0.39, 0.29) is 17.6 Å². The molecule has 7 nitrogen and oxygen atoms in total. The predicted octanol–water partition coefficient (Wildman–Crippen LogP) is 0.224. The monoisotopic (exact) mass is 305 g/mol. The van der Waals surface area contributed by atoms with Crippen LogP contribution in [-0.2, 0) is 21.4 Å². The average molecular weight is 305 g/mol. The molecule has 1 aromatic rings. The van der Waals surface area contributed by atoms with E-state index in [0.29, 0.717) is 17.7 Å². The van der Waals surface area contributed by atoms with Gasteiger partial charge in [-0.05, 0) is 26.3 Å². The molecule has 0 saturated carbocycles. The lowest BCUT2D eigenvalue weighted by Gasteiger charge is -2.44. The molecule has 22 heavy (non-hydrogen) atoms. The Balaban J connectivity index is 2.05. The predicted molar refractivity (Wildman–Crippen MR) is 77.3 cm³/mol. The summed E-state index contributed by atoms with van der Waals surface area (Å²) in [4.78, 5) is 25.8. The van der Waals surface area contributed by atoms with Crippen LogP contribution in [0.25, 0.3) is 5.57 Å². The third-order valence-corrected chi connectivity index (χ3v) is 4.53. The summed E-state index contributed by atoms with van der Waals surface area (Å²) in [6.07, 6.45) is -0.236. The van der Waals surface area contributed by atoms with Crippen LogP contribution in [0.1, 0.15) is 24.7 Å². The molecule has 1 fully saturated rings. The number of carbonyl (C=O) groups is 2. The molecule has 2 aliphatic rings. The highest BCUT2D eigenvalue weighted by Gasteiger charge is 2.57. The van der Waals surface area contributed by atoms with Crippen LogP contribution in [-0.4, -0.2) is 50.9 Å². The molecule has 0 bridgehead atoms. The van der Waals surface area contributed by atoms with E-state index in [1.54, 1.807) is 11.6 Å². The fourth-order valence-electron chi connectivity index (χ4n) is 3.29. The van der Waals surface area contributed by atoms with Crippen LogP contribution in [0.4, 0.5) is 0 Å². The standard InChI is InChI=1S/C15H19N3O4/c1-7-5-10(16-17(7)3)9-6-11-12(8(2)19)14(20)18(11)13(9)15(21)22-4/h5,8,11-12,19H,6H2,1-4H3/t8-,11-,12-/m1/s1. The Kier molecular flexibility index (Phi) is 3.32. The van der Waals surface area contributed by atoms with Gasteiger partial charge in [-0.3, -0.25) is 9.48 Å². The average Bonchev–Trinajstić information content (AvgIpc) is 2.96. The van der Waals surface area contributed by atoms with E-state index in [2.05, 4.69) is 5.10 Å². The zero-order valence-corrected chi connectivity index (χ0v) is 13.0. The second-order valence-electron chi connectivity index (χ2n) is 5.86. The molecule has 7 heteroatoms. The van der Waals surface area contributed by atoms with E-state index in [0.717, 1.165) is 5.69 Å². The minimum Gasteiger partial charge on any atom is -0.464 e. The van der Waals surface area contributed by atoms with Crippen molar-refractivity contribution in [3.63, 3.8) is 0 Å². The van der Waals surface area contributed by atoms with Crippen molar-refractivity contribution >= 4 is 17.4 Å². The molecule has 1 aromatic heterocycles. The summed E-state index contributed by atoms with van der Waals surface area (Å²) < 4.78 is 6.55. The van der Waals surface area contributed by atoms with Crippen molar-refractivity contribution < 1.29 is 19.4 Å². The molecular formula is C15H19N3O4. The van der Waals surface area contributed by atoms with E-state index in [1.165, 1.54) is 12.0 Å². The van der Waals surface area contributed by atoms with E-state index in [4.69, 9.17) is 4.74 Å². The van der Waals surface area contributed by atoms with Crippen molar-refractivity contribution in [3.8, 4) is 0 Å². The second kappa shape index (κ2) is 4.95. The number of carbonyl (C=O) groups excluding carboxylic acids is 2. The zero-order chi connectivity index (χ0) is 16.2. The van der Waals surface area contributed by atoms with Crippen LogP contribution in [0.3, 0.4) is 0 Å². The van der Waals surface area contributed by atoms with Crippen molar-refractivity contribution in [3.05, 3.63) is 23.2 Å². The molecule has 3 rings (SSSR count). The number of β-lactam (4-membered cyclic amide) rings is 1. The summed E-state index contributed by atoms with van der Waals surface area (Å²) >= 11 is 0. The molecular weight excluding hydrogens is 286 g/mol. The molecule has 3 atom stereocenters. The van der Waals surface area contributed by atoms with Gasteiger partial charge >= 0.3 is 5.97 Å². The van der Waals surface area contributed by atoms with Gasteiger partial charge in [0.05, 0.1) is 30.9 Å². The summed E-state index contributed by atoms with van der Waals surface area (Å²) in [6.45, 7) is 3.52. The first-order valence-corrected chi connectivity index (χ1v) is 7.20. The molecule has 1 N–H and O–H groups in total. The lowest BCUT2D eigenvalue weighted by molar-refractivity contribution is -0.161. The minimum absolute atomic E-state index is 0.195. The van der Waals surface area contributed by atoms with E-state index in [1.807, 2.05) is 20.0 Å². The number of aliphatic hydroxyl groups is 1. The number of amides is 1. The van der Waals surface area contributed by atoms with Gasteiger partial charge < -0.3 is 14.7 Å². The zero-order valence-electron chi connectivity index (χ0n) is 13.0. The van der Waals surface area contributed by atoms with Crippen LogP contribution in [0.5, 0.6) is 0 Å². The van der Waals surface area contributed by atoms with Crippen molar-refractivity contribution in [2.45, 2.75) is 32.4 Å². The van der Waals surface area contributed by atoms with Crippen molar-refractivity contribution in [2.75, 3.05) is 7.11 Å². The summed E-state index contributed by atoms with van der Waals surface area (Å²) in [6, 6.07) is 1.69. The van der Waals surface area contributed by atoms with Gasteiger partial charge in [-0.25, -0.2) is 4.79 Å². The van der Waals surface area contributed by atoms with Gasteiger partial charge in [-0.1, -0.05) is 0 Å². The first kappa shape index (κ1) is 14.8. The highest BCUT2D eigenvalue weighted by atomic mass is 16.5. The Morgan fingerprint density at radius 2 is 2.23 bits per heavy atom. The molecule has 2 aliphatic heterocycles. The maximum Gasteiger partial charge on any atom is 0.355 e. The number of aliphatic hydroxyl groups excluding tert-OH is 1. The quantitative estimate of drug-likeness (QED) is 0.638. The summed E-state index contributed by atoms with van der Waals surface area (Å²) in [5, 5.41) is 14.2. The normalized spacial score (nSPS) is 25.1. The molecule has 1 saturated heterocycles. The van der Waals surface area contributed by atoms with Crippen molar-refractivity contribution in [2.24, 2.45) is 13.0 Å². The van der Waals surface area contributed by atoms with Crippen molar-refractivity contribution in [1.29, 1.82) is 0 Å². The first-order valence-electron chi connectivity index (χ1n) is 7.20. The Morgan fingerprint density at radius 3 is 2.73 bits per heavy atom. The van der Waals surface area contributed by atoms with E-state index >= 15 is 0 Å². The van der Waals surface area contributed by atoms with Gasteiger partial charge in [-0.2, -0.15) is 5.10 Å². The van der Waals surface area contributed by atoms with Crippen molar-refractivity contribution in [1.82, 2.24) is 14.7 Å². The number of esters is 1. The lowest BCUT2D eigenvalue weighted by atomic mass is 9.83. The third kappa shape index (κ3) is 1.89. The number of fused-ring (bicyclic) bond motifs is 1. The van der Waals surface area contributed by atoms with Gasteiger partial charge in [0.25, 0.3) is 0 Å². The first-order chi connectivity index (χ1) is 10.4. The summed E-state index contributed by atoms with van der Waals surface area (Å²) in [7, 11) is 3.12. The highest BCUT2D eigenvalue weighted by molar-refractivity contribution is 6.06. The third-order valence-electron chi connectivity index (χ3n) is 4.53. The summed E-state index contributed by atoms with van der Waals surface area (Å²) in [5.74, 6) is -1.25. The molecule has 0 radical (unpaired) electrons. The highest BCUT2D eigenvalue weighted by Crippen LogP contribution is 2.46. The van der Waals surface area contributed by atoms with Gasteiger partial charge in [-0.15, -0.1) is 0 Å². The molecule has 0 aliphatic carbocycles. The SMILES string of the molecule is COC(=O)C1=C(c2cc(C)n(C)n2)C[C@@H]2[C@@H]([C@@H](C)O)C(=O)N12. The number of hydrogen-bond acceptors (Lipinski definition) is 5. The molecule has 0 unspecified atom stereocenters.